The summed E-state index contributed by atoms with van der Waals surface area (Å²) < 4.78 is 68.6. The van der Waals surface area contributed by atoms with Crippen LogP contribution in [-0.4, -0.2) is 25.9 Å². The van der Waals surface area contributed by atoms with Crippen LogP contribution in [0, 0.1) is 13.8 Å². The van der Waals surface area contributed by atoms with Crippen LogP contribution < -0.4 is 59.1 Å². The van der Waals surface area contributed by atoms with Crippen molar-refractivity contribution in [1.82, 2.24) is 0 Å². The molecule has 0 radical (unpaired) electrons. The van der Waals surface area contributed by atoms with Gasteiger partial charge in [0, 0.05) is 6.42 Å². The van der Waals surface area contributed by atoms with Crippen molar-refractivity contribution in [2.45, 2.75) is 30.1 Å². The van der Waals surface area contributed by atoms with Crippen molar-refractivity contribution in [1.29, 1.82) is 0 Å². The molecule has 0 atom stereocenters. The van der Waals surface area contributed by atoms with Crippen molar-refractivity contribution in [2.75, 3.05) is 0 Å². The largest absolute Gasteiger partial charge is 1.00 e. The van der Waals surface area contributed by atoms with Gasteiger partial charge in [0.05, 0.1) is 9.79 Å². The molecule has 25 heavy (non-hydrogen) atoms. The van der Waals surface area contributed by atoms with Gasteiger partial charge in [-0.3, -0.25) is 0 Å². The van der Waals surface area contributed by atoms with E-state index >= 15 is 0 Å². The maximum Gasteiger partial charge on any atom is 1.00 e. The molecule has 0 aromatic heterocycles. The Bertz CT molecular complexity index is 890. The van der Waals surface area contributed by atoms with Crippen molar-refractivity contribution in [2.24, 2.45) is 0 Å². The molecule has 6 nitrogen and oxygen atoms in total. The summed E-state index contributed by atoms with van der Waals surface area (Å²) in [5.74, 6) is 0. The molecule has 0 aliphatic heterocycles. The molecule has 0 N–H and O–H groups in total. The summed E-state index contributed by atoms with van der Waals surface area (Å²) in [4.78, 5) is -0.815. The Balaban J connectivity index is 0.00000288. The molecule has 0 aliphatic rings. The van der Waals surface area contributed by atoms with Crippen LogP contribution in [-0.2, 0) is 26.7 Å². The monoisotopic (exact) mass is 400 g/mol. The molecule has 2 aromatic rings. The van der Waals surface area contributed by atoms with Crippen LogP contribution in [0.4, 0.5) is 0 Å². The van der Waals surface area contributed by atoms with E-state index in [-0.39, 0.29) is 76.7 Å². The first kappa shape index (κ1) is 25.3. The molecule has 2 rings (SSSR count). The molecular formula is C15H14Na2O6S2. The van der Waals surface area contributed by atoms with E-state index in [1.54, 1.807) is 26.0 Å². The Morgan fingerprint density at radius 2 is 1.04 bits per heavy atom. The first-order valence-electron chi connectivity index (χ1n) is 6.60. The predicted molar refractivity (Wildman–Crippen MR) is 81.1 cm³/mol. The van der Waals surface area contributed by atoms with Crippen LogP contribution in [0.5, 0.6) is 0 Å². The molecular weight excluding hydrogens is 386 g/mol. The van der Waals surface area contributed by atoms with Gasteiger partial charge in [-0.2, -0.15) is 0 Å². The third kappa shape index (κ3) is 6.14. The number of benzene rings is 2. The van der Waals surface area contributed by atoms with E-state index in [4.69, 9.17) is 0 Å². The van der Waals surface area contributed by atoms with Crippen LogP contribution in [0.2, 0.25) is 0 Å². The van der Waals surface area contributed by atoms with Gasteiger partial charge in [0.1, 0.15) is 20.2 Å². The van der Waals surface area contributed by atoms with E-state index in [1.807, 2.05) is 0 Å². The Kier molecular flexibility index (Phi) is 9.55. The van der Waals surface area contributed by atoms with Gasteiger partial charge >= 0.3 is 59.1 Å². The maximum absolute atomic E-state index is 11.4. The van der Waals surface area contributed by atoms with Crippen molar-refractivity contribution in [3.8, 4) is 0 Å². The second-order valence-corrected chi connectivity index (χ2v) is 7.88. The normalized spacial score (nSPS) is 11.4. The number of hydrogen-bond acceptors (Lipinski definition) is 6. The van der Waals surface area contributed by atoms with E-state index in [0.29, 0.717) is 11.1 Å². The minimum Gasteiger partial charge on any atom is -0.744 e. The van der Waals surface area contributed by atoms with Gasteiger partial charge in [-0.05, 0) is 48.2 Å². The zero-order chi connectivity index (χ0) is 17.4. The molecule has 0 heterocycles. The molecule has 124 valence electrons. The summed E-state index contributed by atoms with van der Waals surface area (Å²) in [5.41, 5.74) is 1.45. The van der Waals surface area contributed by atoms with Gasteiger partial charge in [0.25, 0.3) is 0 Å². The maximum atomic E-state index is 11.4. The molecule has 0 unspecified atom stereocenters. The van der Waals surface area contributed by atoms with Crippen LogP contribution in [0.3, 0.4) is 0 Å². The Morgan fingerprint density at radius 3 is 1.32 bits per heavy atom. The van der Waals surface area contributed by atoms with Crippen molar-refractivity contribution in [3.05, 3.63) is 58.7 Å². The van der Waals surface area contributed by atoms with Crippen LogP contribution >= 0.6 is 0 Å². The third-order valence-electron chi connectivity index (χ3n) is 3.63. The van der Waals surface area contributed by atoms with Crippen LogP contribution in [0.15, 0.2) is 46.2 Å². The number of hydrogen-bond donors (Lipinski definition) is 0. The molecule has 10 heteroatoms. The Hall–Kier alpha value is 0.260. The fraction of sp³-hybridized carbons (Fsp3) is 0.200. The average Bonchev–Trinajstić information content (AvgIpc) is 2.40. The van der Waals surface area contributed by atoms with Crippen molar-refractivity contribution >= 4 is 20.2 Å². The molecule has 0 bridgehead atoms. The fourth-order valence-electron chi connectivity index (χ4n) is 2.45. The van der Waals surface area contributed by atoms with Crippen molar-refractivity contribution in [3.63, 3.8) is 0 Å². The first-order valence-corrected chi connectivity index (χ1v) is 9.42. The smallest absolute Gasteiger partial charge is 0.744 e. The summed E-state index contributed by atoms with van der Waals surface area (Å²) in [7, 11) is -9.43. The molecule has 0 aliphatic carbocycles. The van der Waals surface area contributed by atoms with E-state index in [2.05, 4.69) is 0 Å². The van der Waals surface area contributed by atoms with E-state index in [0.717, 1.165) is 0 Å². The Morgan fingerprint density at radius 1 is 0.720 bits per heavy atom. The van der Waals surface area contributed by atoms with Gasteiger partial charge < -0.3 is 9.11 Å². The predicted octanol–water partition coefficient (Wildman–Crippen LogP) is -4.29. The van der Waals surface area contributed by atoms with E-state index < -0.39 is 30.0 Å². The number of rotatable bonds is 4. The third-order valence-corrected chi connectivity index (χ3v) is 5.47. The molecule has 0 saturated heterocycles. The molecule has 0 spiro atoms. The Labute approximate surface area is 192 Å². The molecule has 2 aromatic carbocycles. The minimum absolute atomic E-state index is 0. The van der Waals surface area contributed by atoms with Crippen molar-refractivity contribution < 1.29 is 85.1 Å². The van der Waals surface area contributed by atoms with Gasteiger partial charge in [-0.1, -0.05) is 24.3 Å². The SMILES string of the molecule is Cc1cccc(S(=O)(=O)[O-])c1Cc1c(C)cccc1S(=O)(=O)[O-].[Na+].[Na+]. The van der Waals surface area contributed by atoms with Crippen LogP contribution in [0.25, 0.3) is 0 Å². The second kappa shape index (κ2) is 9.45. The molecule has 0 saturated carbocycles. The summed E-state index contributed by atoms with van der Waals surface area (Å²) in [5, 5.41) is 0. The zero-order valence-electron chi connectivity index (χ0n) is 14.4. The fourth-order valence-corrected chi connectivity index (χ4v) is 4.01. The van der Waals surface area contributed by atoms with E-state index in [1.165, 1.54) is 24.3 Å². The standard InChI is InChI=1S/C15H16O6S2.2Na/c1-10-5-3-7-14(22(16,17)18)12(10)9-13-11(2)6-4-8-15(13)23(19,20)21;;/h3-8H,9H2,1-2H3,(H,16,17,18)(H,19,20,21);;/q;2*+1/p-2. The number of aryl methyl sites for hydroxylation is 2. The van der Waals surface area contributed by atoms with Crippen LogP contribution in [0.1, 0.15) is 22.3 Å². The zero-order valence-corrected chi connectivity index (χ0v) is 20.1. The molecule has 0 amide bonds. The summed E-state index contributed by atoms with van der Waals surface area (Å²) in [6.07, 6.45) is -0.132. The quantitative estimate of drug-likeness (QED) is 0.379. The summed E-state index contributed by atoms with van der Waals surface area (Å²) >= 11 is 0. The van der Waals surface area contributed by atoms with Gasteiger partial charge in [0.15, 0.2) is 0 Å². The minimum atomic E-state index is -4.71. The average molecular weight is 400 g/mol. The van der Waals surface area contributed by atoms with E-state index in [9.17, 15) is 25.9 Å². The van der Waals surface area contributed by atoms with Gasteiger partial charge in [0.2, 0.25) is 0 Å². The first-order chi connectivity index (χ1) is 10.5. The summed E-state index contributed by atoms with van der Waals surface area (Å²) in [6, 6.07) is 8.46. The summed E-state index contributed by atoms with van der Waals surface area (Å²) in [6.45, 7) is 3.24. The van der Waals surface area contributed by atoms with Gasteiger partial charge in [-0.25, -0.2) is 16.8 Å². The topological polar surface area (TPSA) is 114 Å². The second-order valence-electron chi connectivity index (χ2n) is 5.19. The van der Waals surface area contributed by atoms with Gasteiger partial charge in [-0.15, -0.1) is 0 Å². The molecule has 0 fully saturated rings.